The Morgan fingerprint density at radius 3 is 2.54 bits per heavy atom. The van der Waals surface area contributed by atoms with Gasteiger partial charge in [0.05, 0.1) is 19.8 Å². The van der Waals surface area contributed by atoms with Crippen LogP contribution in [0.3, 0.4) is 0 Å². The summed E-state index contributed by atoms with van der Waals surface area (Å²) in [5, 5.41) is 2.89. The third-order valence-corrected chi connectivity index (χ3v) is 4.70. The summed E-state index contributed by atoms with van der Waals surface area (Å²) in [6.45, 7) is 7.64. The van der Waals surface area contributed by atoms with E-state index >= 15 is 0 Å². The van der Waals surface area contributed by atoms with Crippen LogP contribution in [-0.4, -0.2) is 68.1 Å². The highest BCUT2D eigenvalue weighted by Crippen LogP contribution is 2.27. The molecule has 2 rings (SSSR count). The number of morpholine rings is 1. The molecule has 0 saturated carbocycles. The molecule has 6 nitrogen and oxygen atoms in total. The molecule has 1 N–H and O–H groups in total. The second-order valence-electron chi connectivity index (χ2n) is 7.16. The minimum atomic E-state index is -4.78. The highest BCUT2D eigenvalue weighted by atomic mass is 19.4. The molecule has 1 unspecified atom stereocenters. The van der Waals surface area contributed by atoms with Crippen molar-refractivity contribution in [3.63, 3.8) is 0 Å². The van der Waals surface area contributed by atoms with E-state index in [1.807, 2.05) is 0 Å². The van der Waals surface area contributed by atoms with E-state index in [1.54, 1.807) is 13.1 Å². The van der Waals surface area contributed by atoms with Crippen LogP contribution in [0, 0.1) is 5.92 Å². The summed E-state index contributed by atoms with van der Waals surface area (Å²) in [5.74, 6) is 0.0349. The number of nitrogens with one attached hydrogen (secondary N) is 1. The van der Waals surface area contributed by atoms with Gasteiger partial charge in [-0.25, -0.2) is 4.79 Å². The monoisotopic (exact) mass is 403 g/mol. The number of hydrogen-bond acceptors (Lipinski definition) is 4. The zero-order valence-corrected chi connectivity index (χ0v) is 16.5. The molecule has 0 radical (unpaired) electrons. The summed E-state index contributed by atoms with van der Waals surface area (Å²) in [6, 6.07) is 5.64. The van der Waals surface area contributed by atoms with E-state index in [-0.39, 0.29) is 29.9 Å². The fourth-order valence-corrected chi connectivity index (χ4v) is 3.21. The van der Waals surface area contributed by atoms with Crippen molar-refractivity contribution >= 4 is 6.03 Å². The molecule has 1 heterocycles. The summed E-state index contributed by atoms with van der Waals surface area (Å²) < 4.78 is 47.1. The predicted molar refractivity (Wildman–Crippen MR) is 99.0 cm³/mol. The van der Waals surface area contributed by atoms with Crippen molar-refractivity contribution in [2.24, 2.45) is 5.92 Å². The Kier molecular flexibility index (Phi) is 7.94. The van der Waals surface area contributed by atoms with E-state index in [9.17, 15) is 18.0 Å². The maximum atomic E-state index is 12.6. The first-order valence-corrected chi connectivity index (χ1v) is 9.32. The summed E-state index contributed by atoms with van der Waals surface area (Å²) in [7, 11) is 1.54. The van der Waals surface area contributed by atoms with Crippen molar-refractivity contribution in [2.45, 2.75) is 32.8 Å². The van der Waals surface area contributed by atoms with Crippen molar-refractivity contribution in [3.05, 3.63) is 29.8 Å². The molecule has 1 aromatic carbocycles. The third kappa shape index (κ3) is 6.87. The zero-order valence-electron chi connectivity index (χ0n) is 16.5. The maximum Gasteiger partial charge on any atom is 0.573 e. The van der Waals surface area contributed by atoms with Gasteiger partial charge in [0, 0.05) is 38.3 Å². The lowest BCUT2D eigenvalue weighted by Gasteiger charge is -2.37. The minimum absolute atomic E-state index is 0.00197. The molecule has 1 saturated heterocycles. The Labute approximate surface area is 163 Å². The van der Waals surface area contributed by atoms with Crippen molar-refractivity contribution in [2.75, 3.05) is 39.9 Å². The highest BCUT2D eigenvalue weighted by molar-refractivity contribution is 5.74. The molecule has 1 aromatic rings. The van der Waals surface area contributed by atoms with E-state index in [4.69, 9.17) is 4.74 Å². The summed E-state index contributed by atoms with van der Waals surface area (Å²) in [4.78, 5) is 16.1. The first-order chi connectivity index (χ1) is 13.2. The predicted octanol–water partition coefficient (Wildman–Crippen LogP) is 3.08. The Morgan fingerprint density at radius 1 is 1.29 bits per heavy atom. The molecule has 0 bridgehead atoms. The summed E-state index contributed by atoms with van der Waals surface area (Å²) >= 11 is 0. The minimum Gasteiger partial charge on any atom is -0.405 e. The van der Waals surface area contributed by atoms with Crippen molar-refractivity contribution in [1.82, 2.24) is 15.1 Å². The van der Waals surface area contributed by atoms with Crippen LogP contribution in [0.1, 0.15) is 19.4 Å². The first kappa shape index (κ1) is 22.3. The smallest absolute Gasteiger partial charge is 0.405 e. The Morgan fingerprint density at radius 2 is 1.93 bits per heavy atom. The molecule has 1 aliphatic heterocycles. The molecule has 1 fully saturated rings. The van der Waals surface area contributed by atoms with E-state index in [1.165, 1.54) is 23.1 Å². The van der Waals surface area contributed by atoms with Gasteiger partial charge >= 0.3 is 12.4 Å². The van der Waals surface area contributed by atoms with Crippen LogP contribution in [0.25, 0.3) is 0 Å². The quantitative estimate of drug-likeness (QED) is 0.760. The molecule has 0 spiro atoms. The molecule has 0 aromatic heterocycles. The number of amides is 2. The third-order valence-electron chi connectivity index (χ3n) is 4.70. The highest BCUT2D eigenvalue weighted by Gasteiger charge is 2.32. The fraction of sp³-hybridized carbons (Fsp3) is 0.632. The lowest BCUT2D eigenvalue weighted by molar-refractivity contribution is -0.275. The van der Waals surface area contributed by atoms with Crippen LogP contribution < -0.4 is 10.1 Å². The number of alkyl halides is 3. The van der Waals surface area contributed by atoms with Gasteiger partial charge in [-0.05, 0) is 12.0 Å². The average molecular weight is 403 g/mol. The molecule has 2 amide bonds. The molecular formula is C19H28F3N3O3. The van der Waals surface area contributed by atoms with Gasteiger partial charge < -0.3 is 19.7 Å². The van der Waals surface area contributed by atoms with E-state index in [0.717, 1.165) is 13.1 Å². The van der Waals surface area contributed by atoms with Crippen molar-refractivity contribution in [3.8, 4) is 5.75 Å². The van der Waals surface area contributed by atoms with Crippen molar-refractivity contribution < 1.29 is 27.4 Å². The number of benzene rings is 1. The molecule has 28 heavy (non-hydrogen) atoms. The van der Waals surface area contributed by atoms with Crippen LogP contribution in [0.4, 0.5) is 18.0 Å². The number of hydrogen-bond donors (Lipinski definition) is 1. The van der Waals surface area contributed by atoms with Crippen LogP contribution in [0.2, 0.25) is 0 Å². The van der Waals surface area contributed by atoms with Gasteiger partial charge in [0.2, 0.25) is 0 Å². The fourth-order valence-electron chi connectivity index (χ4n) is 3.21. The molecule has 1 aliphatic rings. The molecule has 9 heteroatoms. The Bertz CT molecular complexity index is 634. The Balaban J connectivity index is 1.93. The second kappa shape index (κ2) is 9.97. The van der Waals surface area contributed by atoms with Gasteiger partial charge in [0.1, 0.15) is 5.75 Å². The number of carbonyl (C=O) groups excluding carboxylic acids is 1. The summed E-state index contributed by atoms with van der Waals surface area (Å²) in [6.07, 6.45) is -4.78. The van der Waals surface area contributed by atoms with Crippen LogP contribution in [0.15, 0.2) is 24.3 Å². The van der Waals surface area contributed by atoms with E-state index in [0.29, 0.717) is 25.7 Å². The number of halogens is 3. The number of para-hydroxylation sites is 1. The van der Waals surface area contributed by atoms with E-state index in [2.05, 4.69) is 28.8 Å². The van der Waals surface area contributed by atoms with Crippen molar-refractivity contribution in [1.29, 1.82) is 0 Å². The van der Waals surface area contributed by atoms with Gasteiger partial charge in [-0.2, -0.15) is 0 Å². The zero-order chi connectivity index (χ0) is 20.7. The van der Waals surface area contributed by atoms with Gasteiger partial charge in [0.25, 0.3) is 0 Å². The van der Waals surface area contributed by atoms with Crippen LogP contribution >= 0.6 is 0 Å². The molecule has 158 valence electrons. The number of nitrogens with zero attached hydrogens (tertiary/aromatic N) is 2. The SMILES string of the molecule is CC(C)C(CNC(=O)N(C)Cc1ccccc1OC(F)(F)F)N1CCOCC1. The second-order valence-corrected chi connectivity index (χ2v) is 7.16. The Hall–Kier alpha value is -2.00. The molecular weight excluding hydrogens is 375 g/mol. The summed E-state index contributed by atoms with van der Waals surface area (Å²) in [5.41, 5.74) is 0.283. The van der Waals surface area contributed by atoms with Gasteiger partial charge in [0.15, 0.2) is 0 Å². The van der Waals surface area contributed by atoms with E-state index < -0.39 is 6.36 Å². The number of ether oxygens (including phenoxy) is 2. The largest absolute Gasteiger partial charge is 0.573 e. The molecule has 1 atom stereocenters. The number of rotatable bonds is 7. The van der Waals surface area contributed by atoms with Crippen LogP contribution in [-0.2, 0) is 11.3 Å². The van der Waals surface area contributed by atoms with Gasteiger partial charge in [-0.3, -0.25) is 4.90 Å². The average Bonchev–Trinajstić information content (AvgIpc) is 2.62. The standard InChI is InChI=1S/C19H28F3N3O3/c1-14(2)16(25-8-10-27-11-9-25)12-23-18(26)24(3)13-15-6-4-5-7-17(15)28-19(20,21)22/h4-7,14,16H,8-13H2,1-3H3,(H,23,26). The lowest BCUT2D eigenvalue weighted by atomic mass is 10.0. The maximum absolute atomic E-state index is 12.6. The number of urea groups is 1. The lowest BCUT2D eigenvalue weighted by Crippen LogP contribution is -2.52. The topological polar surface area (TPSA) is 54.0 Å². The van der Waals surface area contributed by atoms with Gasteiger partial charge in [-0.1, -0.05) is 32.0 Å². The normalized spacial score (nSPS) is 16.7. The first-order valence-electron chi connectivity index (χ1n) is 9.32. The molecule has 0 aliphatic carbocycles. The van der Waals surface area contributed by atoms with Gasteiger partial charge in [-0.15, -0.1) is 13.2 Å². The van der Waals surface area contributed by atoms with Crippen LogP contribution in [0.5, 0.6) is 5.75 Å². The number of carbonyl (C=O) groups is 1.